The highest BCUT2D eigenvalue weighted by atomic mass is 79.9. The minimum Gasteiger partial charge on any atom is -0.192 e. The molecule has 0 saturated carbocycles. The van der Waals surface area contributed by atoms with Gasteiger partial charge in [0, 0.05) is 4.47 Å². The lowest BCUT2D eigenvalue weighted by atomic mass is 9.92. The van der Waals surface area contributed by atoms with E-state index in [1.807, 2.05) is 48.5 Å². The highest BCUT2D eigenvalue weighted by Gasteiger charge is 2.12. The van der Waals surface area contributed by atoms with E-state index in [0.717, 1.165) is 37.9 Å². The second-order valence-electron chi connectivity index (χ2n) is 11.2. The molecule has 0 atom stereocenters. The van der Waals surface area contributed by atoms with E-state index in [1.54, 1.807) is 0 Å². The average Bonchev–Trinajstić information content (AvgIpc) is 3.10. The van der Waals surface area contributed by atoms with Gasteiger partial charge in [0.15, 0.2) is 0 Å². The molecule has 0 aliphatic carbocycles. The first-order valence-electron chi connectivity index (χ1n) is 15.1. The van der Waals surface area contributed by atoms with Crippen molar-refractivity contribution in [3.8, 4) is 12.1 Å². The monoisotopic (exact) mass is 656 g/mol. The summed E-state index contributed by atoms with van der Waals surface area (Å²) in [7, 11) is 0. The van der Waals surface area contributed by atoms with Crippen LogP contribution in [0.25, 0.3) is 48.6 Å². The van der Waals surface area contributed by atoms with Gasteiger partial charge in [0.2, 0.25) is 0 Å². The van der Waals surface area contributed by atoms with Crippen molar-refractivity contribution in [3.05, 3.63) is 174 Å². The molecule has 0 aromatic heterocycles. The summed E-state index contributed by atoms with van der Waals surface area (Å²) in [6.45, 7) is 6.52. The molecular formula is C43H33BrN2. The van der Waals surface area contributed by atoms with Crippen LogP contribution in [0.4, 0.5) is 0 Å². The molecular weight excluding hydrogens is 624 g/mol. The van der Waals surface area contributed by atoms with Crippen LogP contribution in [-0.2, 0) is 0 Å². The van der Waals surface area contributed by atoms with Crippen LogP contribution in [-0.4, -0.2) is 0 Å². The normalized spacial score (nSPS) is 11.5. The smallest absolute Gasteiger partial charge is 0.0991 e. The van der Waals surface area contributed by atoms with E-state index in [-0.39, 0.29) is 0 Å². The second kappa shape index (κ2) is 15.0. The zero-order chi connectivity index (χ0) is 32.5. The van der Waals surface area contributed by atoms with Crippen LogP contribution < -0.4 is 0 Å². The summed E-state index contributed by atoms with van der Waals surface area (Å²) in [4.78, 5) is 0. The highest BCUT2D eigenvalue weighted by Crippen LogP contribution is 2.33. The predicted octanol–water partition coefficient (Wildman–Crippen LogP) is 11.8. The minimum atomic E-state index is 0.666. The van der Waals surface area contributed by atoms with Gasteiger partial charge in [-0.05, 0) is 106 Å². The third-order valence-electron chi connectivity index (χ3n) is 8.05. The molecule has 0 radical (unpaired) electrons. The summed E-state index contributed by atoms with van der Waals surface area (Å²) in [5.41, 5.74) is 14.1. The van der Waals surface area contributed by atoms with Gasteiger partial charge in [-0.2, -0.15) is 10.5 Å². The van der Waals surface area contributed by atoms with Crippen LogP contribution in [0.3, 0.4) is 0 Å². The lowest BCUT2D eigenvalue weighted by molar-refractivity contribution is 1.26. The van der Waals surface area contributed by atoms with E-state index < -0.39 is 0 Å². The molecule has 0 unspecified atom stereocenters. The fourth-order valence-electron chi connectivity index (χ4n) is 5.24. The van der Waals surface area contributed by atoms with Gasteiger partial charge >= 0.3 is 0 Å². The quantitative estimate of drug-likeness (QED) is 0.156. The molecule has 0 aliphatic heterocycles. The molecule has 46 heavy (non-hydrogen) atoms. The molecule has 0 N–H and O–H groups in total. The number of nitriles is 2. The van der Waals surface area contributed by atoms with Gasteiger partial charge in [-0.15, -0.1) is 0 Å². The average molecular weight is 658 g/mol. The molecule has 3 heteroatoms. The molecule has 2 nitrogen and oxygen atoms in total. The van der Waals surface area contributed by atoms with Crippen LogP contribution in [0.2, 0.25) is 0 Å². The molecule has 5 aromatic rings. The maximum atomic E-state index is 8.99. The number of nitrogens with zero attached hydrogens (tertiary/aromatic N) is 2. The maximum absolute atomic E-state index is 8.99. The number of hydrogen-bond acceptors (Lipinski definition) is 2. The van der Waals surface area contributed by atoms with Crippen LogP contribution >= 0.6 is 15.9 Å². The standard InChI is InChI=1S/C43H33BrN2/c1-30-41(26-24-37-12-8-33(9-13-37)4-6-35-16-20-39(28-45)21-17-35)31(2)43(44)32(3)42(30)27-25-38-14-10-34(11-15-38)5-7-36-18-22-40(29-46)23-19-36/h4-27H,1-3H3/b6-4+,7-5+,26-24+,27-25+. The van der Waals surface area contributed by atoms with Gasteiger partial charge in [-0.25, -0.2) is 0 Å². The van der Waals surface area contributed by atoms with Crippen molar-refractivity contribution < 1.29 is 0 Å². The number of halogens is 1. The highest BCUT2D eigenvalue weighted by molar-refractivity contribution is 9.10. The van der Waals surface area contributed by atoms with Crippen LogP contribution in [0.1, 0.15) is 72.3 Å². The summed E-state index contributed by atoms with van der Waals surface area (Å²) in [5, 5.41) is 18.0. The molecule has 222 valence electrons. The van der Waals surface area contributed by atoms with E-state index in [9.17, 15) is 0 Å². The van der Waals surface area contributed by atoms with Crippen molar-refractivity contribution in [2.45, 2.75) is 20.8 Å². The van der Waals surface area contributed by atoms with Crippen molar-refractivity contribution in [2.75, 3.05) is 0 Å². The predicted molar refractivity (Wildman–Crippen MR) is 199 cm³/mol. The zero-order valence-corrected chi connectivity index (χ0v) is 27.7. The molecule has 0 fully saturated rings. The molecule has 0 heterocycles. The fourth-order valence-corrected chi connectivity index (χ4v) is 5.67. The molecule has 0 bridgehead atoms. The molecule has 5 aromatic carbocycles. The minimum absolute atomic E-state index is 0.666. The number of rotatable bonds is 8. The third-order valence-corrected chi connectivity index (χ3v) is 9.24. The molecule has 0 saturated heterocycles. The topological polar surface area (TPSA) is 47.6 Å². The lowest BCUT2D eigenvalue weighted by Gasteiger charge is -2.16. The maximum Gasteiger partial charge on any atom is 0.0991 e. The Morgan fingerprint density at radius 3 is 0.891 bits per heavy atom. The number of benzene rings is 5. The zero-order valence-electron chi connectivity index (χ0n) is 26.1. The van der Waals surface area contributed by atoms with Gasteiger partial charge in [0.25, 0.3) is 0 Å². The second-order valence-corrected chi connectivity index (χ2v) is 11.9. The van der Waals surface area contributed by atoms with Crippen LogP contribution in [0.5, 0.6) is 0 Å². The summed E-state index contributed by atoms with van der Waals surface area (Å²) < 4.78 is 1.13. The van der Waals surface area contributed by atoms with Crippen molar-refractivity contribution in [1.29, 1.82) is 10.5 Å². The Morgan fingerprint density at radius 1 is 0.391 bits per heavy atom. The largest absolute Gasteiger partial charge is 0.192 e. The van der Waals surface area contributed by atoms with E-state index in [2.05, 4.69) is 146 Å². The van der Waals surface area contributed by atoms with E-state index in [0.29, 0.717) is 11.1 Å². The molecule has 0 aliphatic rings. The Balaban J connectivity index is 1.29. The summed E-state index contributed by atoms with van der Waals surface area (Å²) in [6.07, 6.45) is 17.0. The third kappa shape index (κ3) is 7.96. The Kier molecular flexibility index (Phi) is 10.4. The summed E-state index contributed by atoms with van der Waals surface area (Å²) in [6, 6.07) is 36.5. The Labute approximate surface area is 280 Å². The SMILES string of the molecule is Cc1c(Br)c(C)c(/C=C/c2ccc(/C=C/c3ccc(C#N)cc3)cc2)c(C)c1/C=C/c1ccc(/C=C/c2ccc(C#N)cc2)cc1. The van der Waals surface area contributed by atoms with Crippen LogP contribution in [0.15, 0.2) is 102 Å². The Morgan fingerprint density at radius 2 is 0.630 bits per heavy atom. The van der Waals surface area contributed by atoms with Crippen molar-refractivity contribution in [1.82, 2.24) is 0 Å². The Hall–Kier alpha value is -5.48. The Bertz CT molecular complexity index is 1900. The van der Waals surface area contributed by atoms with Crippen LogP contribution in [0, 0.1) is 43.4 Å². The van der Waals surface area contributed by atoms with Crippen molar-refractivity contribution in [3.63, 3.8) is 0 Å². The van der Waals surface area contributed by atoms with E-state index in [4.69, 9.17) is 10.5 Å². The van der Waals surface area contributed by atoms with Crippen molar-refractivity contribution in [2.24, 2.45) is 0 Å². The number of hydrogen-bond donors (Lipinski definition) is 0. The van der Waals surface area contributed by atoms with E-state index >= 15 is 0 Å². The van der Waals surface area contributed by atoms with Gasteiger partial charge in [0.1, 0.15) is 0 Å². The summed E-state index contributed by atoms with van der Waals surface area (Å²) >= 11 is 3.86. The summed E-state index contributed by atoms with van der Waals surface area (Å²) in [5.74, 6) is 0. The van der Waals surface area contributed by atoms with E-state index in [1.165, 1.54) is 27.8 Å². The van der Waals surface area contributed by atoms with Gasteiger partial charge in [0.05, 0.1) is 23.3 Å². The first kappa shape index (κ1) is 31.9. The first-order valence-corrected chi connectivity index (χ1v) is 15.9. The molecule has 0 amide bonds. The van der Waals surface area contributed by atoms with Gasteiger partial charge < -0.3 is 0 Å². The van der Waals surface area contributed by atoms with Crippen molar-refractivity contribution >= 4 is 64.5 Å². The lowest BCUT2D eigenvalue weighted by Crippen LogP contribution is -1.97. The first-order chi connectivity index (χ1) is 22.3. The molecule has 0 spiro atoms. The van der Waals surface area contributed by atoms with Gasteiger partial charge in [-0.3, -0.25) is 0 Å². The van der Waals surface area contributed by atoms with Gasteiger partial charge in [-0.1, -0.05) is 137 Å². The fraction of sp³-hybridized carbons (Fsp3) is 0.0698. The molecule has 5 rings (SSSR count).